The van der Waals surface area contributed by atoms with E-state index in [9.17, 15) is 0 Å². The molecule has 0 amide bonds. The lowest BCUT2D eigenvalue weighted by Gasteiger charge is -2.29. The average Bonchev–Trinajstić information content (AvgIpc) is 3.41. The van der Waals surface area contributed by atoms with Crippen molar-refractivity contribution in [3.63, 3.8) is 0 Å². The molecule has 1 N–H and O–H groups in total. The molecular formula is C31H47N3O2. The van der Waals surface area contributed by atoms with Gasteiger partial charge in [0.1, 0.15) is 11.5 Å². The maximum atomic E-state index is 6.22. The Morgan fingerprint density at radius 2 is 1.39 bits per heavy atom. The Morgan fingerprint density at radius 1 is 0.806 bits per heavy atom. The largest absolute Gasteiger partial charge is 0.493 e. The second-order valence-electron chi connectivity index (χ2n) is 10.8. The molecule has 5 nitrogen and oxygen atoms in total. The minimum atomic E-state index is 0.740. The molecule has 0 aromatic heterocycles. The summed E-state index contributed by atoms with van der Waals surface area (Å²) in [6, 6.07) is 12.8. The molecule has 2 fully saturated rings. The fourth-order valence-corrected chi connectivity index (χ4v) is 5.55. The van der Waals surface area contributed by atoms with Crippen molar-refractivity contribution >= 4 is 0 Å². The van der Waals surface area contributed by atoms with Gasteiger partial charge in [-0.1, -0.05) is 24.3 Å². The average molecular weight is 494 g/mol. The Morgan fingerprint density at radius 3 is 2.00 bits per heavy atom. The van der Waals surface area contributed by atoms with Crippen molar-refractivity contribution in [3.05, 3.63) is 47.5 Å². The number of hydrogen-bond acceptors (Lipinski definition) is 5. The third kappa shape index (κ3) is 7.71. The molecule has 0 radical (unpaired) electrons. The Bertz CT molecular complexity index is 933. The van der Waals surface area contributed by atoms with Crippen LogP contribution in [-0.2, 0) is 0 Å². The molecule has 2 saturated heterocycles. The Hall–Kier alpha value is -2.08. The van der Waals surface area contributed by atoms with E-state index in [4.69, 9.17) is 9.47 Å². The van der Waals surface area contributed by atoms with Crippen LogP contribution in [-0.4, -0.2) is 75.9 Å². The smallest absolute Gasteiger partial charge is 0.122 e. The van der Waals surface area contributed by atoms with Crippen LogP contribution >= 0.6 is 0 Å². The normalized spacial score (nSPS) is 17.5. The van der Waals surface area contributed by atoms with E-state index in [-0.39, 0.29) is 0 Å². The van der Waals surface area contributed by atoms with Gasteiger partial charge in [-0.05, 0) is 139 Å². The maximum Gasteiger partial charge on any atom is 0.122 e. The molecule has 5 heteroatoms. The number of piperidine rings is 1. The van der Waals surface area contributed by atoms with Crippen molar-refractivity contribution in [1.29, 1.82) is 0 Å². The van der Waals surface area contributed by atoms with E-state index in [1.807, 2.05) is 0 Å². The molecule has 2 heterocycles. The van der Waals surface area contributed by atoms with Gasteiger partial charge in [0.2, 0.25) is 0 Å². The zero-order chi connectivity index (χ0) is 25.2. The highest BCUT2D eigenvalue weighted by molar-refractivity contribution is 5.74. The van der Waals surface area contributed by atoms with Gasteiger partial charge in [-0.2, -0.15) is 0 Å². The molecule has 36 heavy (non-hydrogen) atoms. The molecule has 0 aliphatic carbocycles. The summed E-state index contributed by atoms with van der Waals surface area (Å²) in [6.07, 6.45) is 7.43. The zero-order valence-electron chi connectivity index (χ0n) is 22.9. The van der Waals surface area contributed by atoms with E-state index in [1.54, 1.807) is 0 Å². The third-order valence-electron chi connectivity index (χ3n) is 7.96. The lowest BCUT2D eigenvalue weighted by atomic mass is 9.95. The summed E-state index contributed by atoms with van der Waals surface area (Å²) >= 11 is 0. The molecule has 0 unspecified atom stereocenters. The van der Waals surface area contributed by atoms with Gasteiger partial charge in [-0.15, -0.1) is 0 Å². The molecular weight excluding hydrogens is 446 g/mol. The van der Waals surface area contributed by atoms with Crippen molar-refractivity contribution in [2.24, 2.45) is 5.92 Å². The molecule has 0 spiro atoms. The molecule has 2 aromatic carbocycles. The highest BCUT2D eigenvalue weighted by Crippen LogP contribution is 2.35. The first-order valence-corrected chi connectivity index (χ1v) is 14.2. The van der Waals surface area contributed by atoms with Gasteiger partial charge in [-0.3, -0.25) is 0 Å². The predicted molar refractivity (Wildman–Crippen MR) is 150 cm³/mol. The first kappa shape index (κ1) is 27.0. The summed E-state index contributed by atoms with van der Waals surface area (Å²) in [5.74, 6) is 2.81. The van der Waals surface area contributed by atoms with Gasteiger partial charge < -0.3 is 24.6 Å². The van der Waals surface area contributed by atoms with Crippen molar-refractivity contribution in [3.8, 4) is 22.6 Å². The van der Waals surface area contributed by atoms with Crippen LogP contribution in [0.3, 0.4) is 0 Å². The van der Waals surface area contributed by atoms with Gasteiger partial charge in [-0.25, -0.2) is 0 Å². The van der Waals surface area contributed by atoms with Crippen molar-refractivity contribution < 1.29 is 9.47 Å². The zero-order valence-corrected chi connectivity index (χ0v) is 22.9. The highest BCUT2D eigenvalue weighted by atomic mass is 16.5. The molecule has 2 aromatic rings. The molecule has 198 valence electrons. The molecule has 0 saturated carbocycles. The number of rotatable bonds is 13. The first-order valence-electron chi connectivity index (χ1n) is 14.2. The fraction of sp³-hybridized carbons (Fsp3) is 0.613. The minimum Gasteiger partial charge on any atom is -0.493 e. The molecule has 4 rings (SSSR count). The SMILES string of the molecule is Cc1c(OCCCNCC2CCN(C)CC2)cccc1-c1cccc(OCCCN2CCCC2)c1C. The number of ether oxygens (including phenoxy) is 2. The minimum absolute atomic E-state index is 0.740. The van der Waals surface area contributed by atoms with E-state index < -0.39 is 0 Å². The van der Waals surface area contributed by atoms with E-state index in [0.717, 1.165) is 63.1 Å². The van der Waals surface area contributed by atoms with Crippen molar-refractivity contribution in [2.45, 2.75) is 52.4 Å². The second-order valence-corrected chi connectivity index (χ2v) is 10.8. The number of nitrogens with zero attached hydrogens (tertiary/aromatic N) is 2. The summed E-state index contributed by atoms with van der Waals surface area (Å²) in [5.41, 5.74) is 4.87. The monoisotopic (exact) mass is 493 g/mol. The summed E-state index contributed by atoms with van der Waals surface area (Å²) in [7, 11) is 2.22. The Balaban J connectivity index is 1.24. The van der Waals surface area contributed by atoms with E-state index in [0.29, 0.717) is 0 Å². The lowest BCUT2D eigenvalue weighted by Crippen LogP contribution is -2.35. The fourth-order valence-electron chi connectivity index (χ4n) is 5.55. The summed E-state index contributed by atoms with van der Waals surface area (Å²) in [6.45, 7) is 14.1. The Labute approximate surface area is 219 Å². The number of nitrogens with one attached hydrogen (secondary N) is 1. The van der Waals surface area contributed by atoms with Gasteiger partial charge in [0.05, 0.1) is 13.2 Å². The molecule has 2 aliphatic rings. The highest BCUT2D eigenvalue weighted by Gasteiger charge is 2.16. The van der Waals surface area contributed by atoms with E-state index in [1.165, 1.54) is 74.1 Å². The van der Waals surface area contributed by atoms with Crippen LogP contribution in [0.15, 0.2) is 36.4 Å². The van der Waals surface area contributed by atoms with Crippen LogP contribution in [0.5, 0.6) is 11.5 Å². The second kappa shape index (κ2) is 14.0. The van der Waals surface area contributed by atoms with Crippen molar-refractivity contribution in [1.82, 2.24) is 15.1 Å². The van der Waals surface area contributed by atoms with Crippen LogP contribution in [0.2, 0.25) is 0 Å². The maximum absolute atomic E-state index is 6.22. The van der Waals surface area contributed by atoms with Gasteiger partial charge in [0, 0.05) is 6.54 Å². The summed E-state index contributed by atoms with van der Waals surface area (Å²) < 4.78 is 12.4. The van der Waals surface area contributed by atoms with Crippen LogP contribution < -0.4 is 14.8 Å². The summed E-state index contributed by atoms with van der Waals surface area (Å²) in [5, 5.41) is 3.64. The standard InChI is InChI=1S/C31H47N3O2/c1-25-28(29-11-7-13-31(26(29)2)36-23-9-19-34-17-4-5-18-34)10-6-12-30(25)35-22-8-16-32-24-27-14-20-33(3)21-15-27/h6-7,10-13,27,32H,4-5,8-9,14-24H2,1-3H3. The molecule has 0 bridgehead atoms. The quantitative estimate of drug-likeness (QED) is 0.371. The lowest BCUT2D eigenvalue weighted by molar-refractivity contribution is 0.215. The van der Waals surface area contributed by atoms with Crippen molar-refractivity contribution in [2.75, 3.05) is 66.1 Å². The topological polar surface area (TPSA) is 37.0 Å². The van der Waals surface area contributed by atoms with Crippen LogP contribution in [0.25, 0.3) is 11.1 Å². The molecule has 2 aliphatic heterocycles. The van der Waals surface area contributed by atoms with Crippen LogP contribution in [0.4, 0.5) is 0 Å². The first-order chi connectivity index (χ1) is 17.6. The van der Waals surface area contributed by atoms with Gasteiger partial charge in [0.25, 0.3) is 0 Å². The van der Waals surface area contributed by atoms with Crippen LogP contribution in [0.1, 0.15) is 49.7 Å². The van der Waals surface area contributed by atoms with E-state index in [2.05, 4.69) is 72.4 Å². The van der Waals surface area contributed by atoms with Crippen LogP contribution in [0, 0.1) is 19.8 Å². The Kier molecular flexibility index (Phi) is 10.5. The van der Waals surface area contributed by atoms with Gasteiger partial charge in [0.15, 0.2) is 0 Å². The van der Waals surface area contributed by atoms with Gasteiger partial charge >= 0.3 is 0 Å². The number of likely N-dealkylation sites (tertiary alicyclic amines) is 2. The van der Waals surface area contributed by atoms with E-state index >= 15 is 0 Å². The number of benzene rings is 2. The third-order valence-corrected chi connectivity index (χ3v) is 7.96. The number of hydrogen-bond donors (Lipinski definition) is 1. The molecule has 0 atom stereocenters. The summed E-state index contributed by atoms with van der Waals surface area (Å²) in [4.78, 5) is 4.98. The predicted octanol–water partition coefficient (Wildman–Crippen LogP) is 5.54.